The lowest BCUT2D eigenvalue weighted by molar-refractivity contribution is -0.130. The van der Waals surface area contributed by atoms with E-state index in [2.05, 4.69) is 20.1 Å². The van der Waals surface area contributed by atoms with Crippen LogP contribution in [-0.4, -0.2) is 65.4 Å². The van der Waals surface area contributed by atoms with Gasteiger partial charge in [-0.3, -0.25) is 25.4 Å². The fraction of sp³-hybridized carbons (Fsp3) is 0.233. The van der Waals surface area contributed by atoms with E-state index in [0.717, 1.165) is 4.68 Å². The number of rotatable bonds is 10. The first kappa shape index (κ1) is 31.3. The molecule has 3 aromatic carbocycles. The minimum Gasteiger partial charge on any atom is -0.478 e. The summed E-state index contributed by atoms with van der Waals surface area (Å²) in [6, 6.07) is 16.8. The van der Waals surface area contributed by atoms with Crippen molar-refractivity contribution in [3.05, 3.63) is 93.9 Å². The summed E-state index contributed by atoms with van der Waals surface area (Å²) in [5.74, 6) is -1.75. The van der Waals surface area contributed by atoms with Crippen LogP contribution in [0.2, 0.25) is 0 Å². The van der Waals surface area contributed by atoms with Crippen molar-refractivity contribution in [1.29, 1.82) is 5.41 Å². The molecule has 0 saturated carbocycles. The van der Waals surface area contributed by atoms with Crippen molar-refractivity contribution in [3.8, 4) is 11.4 Å². The summed E-state index contributed by atoms with van der Waals surface area (Å²) in [6.07, 6.45) is -0.502. The highest BCUT2D eigenvalue weighted by Crippen LogP contribution is 2.41. The number of ether oxygens (including phenoxy) is 2. The average Bonchev–Trinajstić information content (AvgIpc) is 3.37. The van der Waals surface area contributed by atoms with Gasteiger partial charge in [-0.1, -0.05) is 43.3 Å². The van der Waals surface area contributed by atoms with Gasteiger partial charge in [-0.15, -0.1) is 5.10 Å². The third-order valence-electron chi connectivity index (χ3n) is 6.62. The first-order valence-corrected chi connectivity index (χ1v) is 13.5. The largest absolute Gasteiger partial charge is 0.478 e. The Bertz CT molecular complexity index is 1740. The topological polar surface area (TPSA) is 172 Å². The summed E-state index contributed by atoms with van der Waals surface area (Å²) in [5, 5.41) is 15.2. The summed E-state index contributed by atoms with van der Waals surface area (Å²) >= 11 is 0. The van der Waals surface area contributed by atoms with Crippen LogP contribution in [0.1, 0.15) is 23.9 Å². The molecule has 0 unspecified atom stereocenters. The third-order valence-corrected chi connectivity index (χ3v) is 6.62. The van der Waals surface area contributed by atoms with E-state index >= 15 is 4.39 Å². The van der Waals surface area contributed by atoms with Gasteiger partial charge < -0.3 is 20.1 Å². The van der Waals surface area contributed by atoms with Crippen LogP contribution >= 0.6 is 0 Å². The Kier molecular flexibility index (Phi) is 9.63. The number of likely N-dealkylation sites (N-methyl/N-ethyl adjacent to an activating group) is 1. The standard InChI is InChI=1S/C30H33FN8O5/c1-5-18-15-19(16-23-35-29(41)39(36-23)22-14-10-9-13-21(22)34-30(42)43-4)25(31)27(44-17-24(40)37(2)3)26(18)38(28(32)33)20-11-7-6-8-12-20/h6-15H,5,16-17H2,1-4H3,(H3,32,33)(H,34,42)(H,35,36,41). The van der Waals surface area contributed by atoms with Gasteiger partial charge in [-0.2, -0.15) is 4.68 Å². The molecule has 230 valence electrons. The molecule has 4 rings (SSSR count). The quantitative estimate of drug-likeness (QED) is 0.157. The molecular weight excluding hydrogens is 571 g/mol. The molecule has 0 spiro atoms. The van der Waals surface area contributed by atoms with Crippen molar-refractivity contribution >= 4 is 35.0 Å². The maximum absolute atomic E-state index is 16.4. The molecule has 14 heteroatoms. The monoisotopic (exact) mass is 604 g/mol. The number of halogens is 1. The molecule has 13 nitrogen and oxygen atoms in total. The molecule has 0 aliphatic rings. The van der Waals surface area contributed by atoms with Gasteiger partial charge in [0.15, 0.2) is 24.1 Å². The van der Waals surface area contributed by atoms with Crippen molar-refractivity contribution in [3.63, 3.8) is 0 Å². The maximum Gasteiger partial charge on any atom is 0.411 e. The Labute approximate surface area is 252 Å². The molecule has 44 heavy (non-hydrogen) atoms. The van der Waals surface area contributed by atoms with Crippen LogP contribution in [0.25, 0.3) is 5.69 Å². The number of carbonyl (C=O) groups is 2. The molecule has 4 aromatic rings. The highest BCUT2D eigenvalue weighted by Gasteiger charge is 2.28. The fourth-order valence-electron chi connectivity index (χ4n) is 4.46. The van der Waals surface area contributed by atoms with E-state index in [9.17, 15) is 14.4 Å². The maximum atomic E-state index is 16.4. The fourth-order valence-corrected chi connectivity index (χ4v) is 4.46. The number of nitrogens with one attached hydrogen (secondary N) is 3. The molecule has 0 fully saturated rings. The van der Waals surface area contributed by atoms with Crippen molar-refractivity contribution < 1.29 is 23.5 Å². The second-order valence-corrected chi connectivity index (χ2v) is 9.77. The predicted molar refractivity (Wildman–Crippen MR) is 163 cm³/mol. The van der Waals surface area contributed by atoms with Crippen molar-refractivity contribution in [2.75, 3.05) is 38.0 Å². The Hall–Kier alpha value is -5.66. The molecule has 0 atom stereocenters. The molecular formula is C30H33FN8O5. The van der Waals surface area contributed by atoms with E-state index in [-0.39, 0.29) is 46.6 Å². The number of amides is 2. The number of H-pyrrole nitrogens is 1. The minimum atomic E-state index is -0.811. The first-order valence-electron chi connectivity index (χ1n) is 13.5. The van der Waals surface area contributed by atoms with Crippen LogP contribution in [0.5, 0.6) is 5.75 Å². The minimum absolute atomic E-state index is 0.122. The lowest BCUT2D eigenvalue weighted by Gasteiger charge is -2.28. The molecule has 0 aliphatic carbocycles. The smallest absolute Gasteiger partial charge is 0.411 e. The van der Waals surface area contributed by atoms with Crippen LogP contribution in [0.4, 0.5) is 26.2 Å². The number of anilines is 3. The van der Waals surface area contributed by atoms with Gasteiger partial charge in [-0.05, 0) is 41.8 Å². The van der Waals surface area contributed by atoms with E-state index < -0.39 is 30.1 Å². The second-order valence-electron chi connectivity index (χ2n) is 9.77. The number of nitrogens with zero attached hydrogens (tertiary/aromatic N) is 4. The molecule has 0 bridgehead atoms. The van der Waals surface area contributed by atoms with Crippen LogP contribution in [-0.2, 0) is 22.4 Å². The number of nitrogens with two attached hydrogens (primary N) is 1. The van der Waals surface area contributed by atoms with Gasteiger partial charge in [0.25, 0.3) is 5.91 Å². The Morgan fingerprint density at radius 2 is 1.80 bits per heavy atom. The van der Waals surface area contributed by atoms with Crippen LogP contribution in [0, 0.1) is 11.2 Å². The molecule has 0 saturated heterocycles. The lowest BCUT2D eigenvalue weighted by Crippen LogP contribution is -2.34. The van der Waals surface area contributed by atoms with Gasteiger partial charge >= 0.3 is 11.8 Å². The van der Waals surface area contributed by atoms with E-state index in [1.165, 1.54) is 16.9 Å². The zero-order valence-corrected chi connectivity index (χ0v) is 24.7. The number of benzene rings is 3. The normalized spacial score (nSPS) is 10.7. The Balaban J connectivity index is 1.82. The number of carbonyl (C=O) groups excluding carboxylic acids is 2. The van der Waals surface area contributed by atoms with Crippen molar-refractivity contribution in [1.82, 2.24) is 19.7 Å². The highest BCUT2D eigenvalue weighted by atomic mass is 19.1. The molecule has 0 aliphatic heterocycles. The predicted octanol–water partition coefficient (Wildman–Crippen LogP) is 3.53. The second kappa shape index (κ2) is 13.5. The number of aromatic amines is 1. The molecule has 0 radical (unpaired) electrons. The van der Waals surface area contributed by atoms with Crippen molar-refractivity contribution in [2.24, 2.45) is 5.73 Å². The van der Waals surface area contributed by atoms with Gasteiger partial charge in [0.1, 0.15) is 5.82 Å². The molecule has 1 heterocycles. The zero-order valence-electron chi connectivity index (χ0n) is 24.7. The summed E-state index contributed by atoms with van der Waals surface area (Å²) < 4.78 is 27.9. The lowest BCUT2D eigenvalue weighted by atomic mass is 10.0. The summed E-state index contributed by atoms with van der Waals surface area (Å²) in [6.45, 7) is 1.37. The van der Waals surface area contributed by atoms with Gasteiger partial charge in [-0.25, -0.2) is 14.0 Å². The number of hydrogen-bond donors (Lipinski definition) is 4. The van der Waals surface area contributed by atoms with E-state index in [1.807, 2.05) is 6.92 Å². The van der Waals surface area contributed by atoms with Gasteiger partial charge in [0.05, 0.1) is 24.2 Å². The van der Waals surface area contributed by atoms with Crippen LogP contribution in [0.15, 0.2) is 65.5 Å². The number of guanidine groups is 1. The zero-order chi connectivity index (χ0) is 32.0. The van der Waals surface area contributed by atoms with Crippen LogP contribution in [0.3, 0.4) is 0 Å². The number of aryl methyl sites for hydroxylation is 1. The number of aromatic nitrogens is 3. The number of hydrogen-bond acceptors (Lipinski definition) is 7. The Morgan fingerprint density at radius 3 is 2.43 bits per heavy atom. The van der Waals surface area contributed by atoms with Crippen molar-refractivity contribution in [2.45, 2.75) is 19.8 Å². The summed E-state index contributed by atoms with van der Waals surface area (Å²) in [7, 11) is 4.31. The average molecular weight is 605 g/mol. The molecule has 1 aromatic heterocycles. The number of methoxy groups -OCH3 is 1. The van der Waals surface area contributed by atoms with E-state index in [4.69, 9.17) is 15.9 Å². The van der Waals surface area contributed by atoms with E-state index in [1.54, 1.807) is 74.8 Å². The van der Waals surface area contributed by atoms with E-state index in [0.29, 0.717) is 17.7 Å². The van der Waals surface area contributed by atoms with Crippen LogP contribution < -0.4 is 26.4 Å². The van der Waals surface area contributed by atoms with Gasteiger partial charge in [0, 0.05) is 26.2 Å². The first-order chi connectivity index (χ1) is 21.0. The number of para-hydroxylation sites is 3. The summed E-state index contributed by atoms with van der Waals surface area (Å²) in [5.41, 5.74) is 7.29. The SMILES string of the molecule is CCc1cc(Cc2nn(-c3ccccc3NC(=O)OC)c(=O)[nH]2)c(F)c(OCC(=O)N(C)C)c1N(C(=N)N)c1ccccc1. The Morgan fingerprint density at radius 1 is 1.11 bits per heavy atom. The summed E-state index contributed by atoms with van der Waals surface area (Å²) in [4.78, 5) is 42.5. The molecule has 5 N–H and O–H groups in total. The highest BCUT2D eigenvalue weighted by molar-refractivity contribution is 6.02. The third kappa shape index (κ3) is 6.69. The molecule has 2 amide bonds. The van der Waals surface area contributed by atoms with Gasteiger partial charge in [0.2, 0.25) is 0 Å².